The van der Waals surface area contributed by atoms with Crippen LogP contribution in [-0.4, -0.2) is 4.98 Å². The molecule has 0 atom stereocenters. The third-order valence-electron chi connectivity index (χ3n) is 0.809. The maximum absolute atomic E-state index is 5.31. The Labute approximate surface area is 48.4 Å². The van der Waals surface area contributed by atoms with Gasteiger partial charge in [0.1, 0.15) is 5.82 Å². The van der Waals surface area contributed by atoms with E-state index < -0.39 is 0 Å². The van der Waals surface area contributed by atoms with Crippen molar-refractivity contribution in [1.29, 1.82) is 0 Å². The van der Waals surface area contributed by atoms with E-state index in [1.54, 1.807) is 12.1 Å². The van der Waals surface area contributed by atoms with Gasteiger partial charge in [0.2, 0.25) is 0 Å². The van der Waals surface area contributed by atoms with Crippen LogP contribution in [-0.2, 0) is 0 Å². The molecule has 1 rings (SSSR count). The molecule has 40 valence electrons. The number of nitrogens with zero attached hydrogens (tertiary/aromatic N) is 1. The highest BCUT2D eigenvalue weighted by Gasteiger charge is 1.82. The fourth-order valence-corrected chi connectivity index (χ4v) is 0.417. The van der Waals surface area contributed by atoms with Crippen LogP contribution >= 0.6 is 0 Å². The lowest BCUT2D eigenvalue weighted by molar-refractivity contribution is 1.31. The molecule has 2 N–H and O–H groups in total. The topological polar surface area (TPSA) is 38.9 Å². The highest BCUT2D eigenvalue weighted by molar-refractivity contribution is 5.29. The zero-order valence-corrected chi connectivity index (χ0v) is 4.33. The Bertz CT molecular complexity index is 145. The monoisotopic (exact) mass is 106 g/mol. The molecular formula is C6H6N2. The van der Waals surface area contributed by atoms with E-state index in [1.165, 1.54) is 6.20 Å². The molecule has 0 saturated heterocycles. The van der Waals surface area contributed by atoms with Crippen LogP contribution in [0.25, 0.3) is 0 Å². The van der Waals surface area contributed by atoms with Gasteiger partial charge in [0.25, 0.3) is 0 Å². The highest BCUT2D eigenvalue weighted by atomic mass is 14.8. The first-order valence-corrected chi connectivity index (χ1v) is 2.26. The van der Waals surface area contributed by atoms with Crippen molar-refractivity contribution in [1.82, 2.24) is 4.98 Å². The first-order chi connectivity index (χ1) is 3.79. The summed E-state index contributed by atoms with van der Waals surface area (Å²) in [7, 11) is 0. The largest absolute Gasteiger partial charge is 0.384 e. The van der Waals surface area contributed by atoms with E-state index in [9.17, 15) is 0 Å². The predicted octanol–water partition coefficient (Wildman–Crippen LogP) is 0.723. The Hall–Kier alpha value is -1.05. The van der Waals surface area contributed by atoms with Gasteiger partial charge < -0.3 is 5.73 Å². The summed E-state index contributed by atoms with van der Waals surface area (Å²) in [4.78, 5) is 3.73. The van der Waals surface area contributed by atoms with E-state index in [4.69, 9.17) is 12.7 Å². The molecule has 1 heterocycles. The van der Waals surface area contributed by atoms with Gasteiger partial charge in [-0.15, -0.1) is 0 Å². The van der Waals surface area contributed by atoms with E-state index >= 15 is 0 Å². The summed E-state index contributed by atoms with van der Waals surface area (Å²) in [5.41, 5.74) is 5.90. The van der Waals surface area contributed by atoms with Gasteiger partial charge in [-0.1, -0.05) is 6.07 Å². The number of nitrogens with two attached hydrogens (primary N) is 1. The number of nitrogen functional groups attached to an aromatic ring is 1. The van der Waals surface area contributed by atoms with Crippen molar-refractivity contribution in [2.24, 2.45) is 0 Å². The number of hydrogen-bond donors (Lipinski definition) is 1. The van der Waals surface area contributed by atoms with Crippen molar-refractivity contribution in [3.05, 3.63) is 30.8 Å². The molecule has 0 bridgehead atoms. The molecule has 0 amide bonds. The van der Waals surface area contributed by atoms with Gasteiger partial charge in [-0.2, -0.15) is 0 Å². The lowest BCUT2D eigenvalue weighted by Gasteiger charge is -1.89. The molecule has 0 aliphatic carbocycles. The lowest BCUT2D eigenvalue weighted by Crippen LogP contribution is -1.87. The van der Waals surface area contributed by atoms with E-state index in [1.807, 2.05) is 0 Å². The highest BCUT2D eigenvalue weighted by Crippen LogP contribution is 1.97. The summed E-state index contributed by atoms with van der Waals surface area (Å²) >= 11 is 0. The molecule has 0 saturated carbocycles. The van der Waals surface area contributed by atoms with Crippen LogP contribution in [0.3, 0.4) is 0 Å². The van der Waals surface area contributed by atoms with Crippen LogP contribution in [0.15, 0.2) is 18.3 Å². The zero-order chi connectivity index (χ0) is 5.98. The molecule has 0 fully saturated rings. The van der Waals surface area contributed by atoms with Gasteiger partial charge in [0, 0.05) is 13.1 Å². The third-order valence-corrected chi connectivity index (χ3v) is 0.809. The molecule has 0 aliphatic heterocycles. The zero-order valence-electron chi connectivity index (χ0n) is 4.33. The molecule has 0 spiro atoms. The van der Waals surface area contributed by atoms with Crippen molar-refractivity contribution < 1.29 is 0 Å². The maximum atomic E-state index is 5.31. The van der Waals surface area contributed by atoms with Crippen molar-refractivity contribution in [2.75, 3.05) is 5.73 Å². The summed E-state index contributed by atoms with van der Waals surface area (Å²) in [6.07, 6.45) is 1.52. The minimum absolute atomic E-state index is 0.499. The molecule has 0 unspecified atom stereocenters. The Balaban J connectivity index is 3.03. The van der Waals surface area contributed by atoms with E-state index in [0.29, 0.717) is 11.4 Å². The summed E-state index contributed by atoms with van der Waals surface area (Å²) in [5.74, 6) is 0.499. The summed E-state index contributed by atoms with van der Waals surface area (Å²) in [6, 6.07) is 3.37. The second kappa shape index (κ2) is 1.82. The smallest absolute Gasteiger partial charge is 0.123 e. The third kappa shape index (κ3) is 0.964. The second-order valence-electron chi connectivity index (χ2n) is 1.52. The Morgan fingerprint density at radius 2 is 2.25 bits per heavy atom. The first kappa shape index (κ1) is 5.09. The number of rotatable bonds is 0. The van der Waals surface area contributed by atoms with Gasteiger partial charge in [0.05, 0.1) is 0 Å². The van der Waals surface area contributed by atoms with Gasteiger partial charge in [-0.25, -0.2) is 4.98 Å². The lowest BCUT2D eigenvalue weighted by atomic mass is 10.3. The Morgan fingerprint density at radius 1 is 1.50 bits per heavy atom. The SMILES string of the molecule is [CH]c1ccc(N)nc1. The molecule has 2 radical (unpaired) electrons. The molecule has 2 heteroatoms. The average molecular weight is 106 g/mol. The van der Waals surface area contributed by atoms with E-state index in [2.05, 4.69) is 4.98 Å². The van der Waals surface area contributed by atoms with Gasteiger partial charge >= 0.3 is 0 Å². The average Bonchev–Trinajstić information content (AvgIpc) is 1.77. The number of hydrogen-bond acceptors (Lipinski definition) is 2. The minimum Gasteiger partial charge on any atom is -0.384 e. The van der Waals surface area contributed by atoms with Crippen molar-refractivity contribution in [2.45, 2.75) is 0 Å². The normalized spacial score (nSPS) is 9.12. The van der Waals surface area contributed by atoms with Crippen LogP contribution in [0.5, 0.6) is 0 Å². The molecule has 0 aromatic carbocycles. The maximum Gasteiger partial charge on any atom is 0.123 e. The van der Waals surface area contributed by atoms with Gasteiger partial charge in [0.15, 0.2) is 0 Å². The summed E-state index contributed by atoms with van der Waals surface area (Å²) in [5, 5.41) is 0. The predicted molar refractivity (Wildman–Crippen MR) is 32.1 cm³/mol. The fraction of sp³-hybridized carbons (Fsp3) is 0. The van der Waals surface area contributed by atoms with Crippen molar-refractivity contribution in [3.63, 3.8) is 0 Å². The summed E-state index contributed by atoms with van der Waals surface area (Å²) in [6.45, 7) is 5.31. The molecule has 1 aromatic rings. The summed E-state index contributed by atoms with van der Waals surface area (Å²) < 4.78 is 0. The van der Waals surface area contributed by atoms with Crippen molar-refractivity contribution >= 4 is 5.82 Å². The molecule has 8 heavy (non-hydrogen) atoms. The molecule has 1 aromatic heterocycles. The van der Waals surface area contributed by atoms with E-state index in [-0.39, 0.29) is 0 Å². The van der Waals surface area contributed by atoms with Crippen molar-refractivity contribution in [3.8, 4) is 0 Å². The van der Waals surface area contributed by atoms with Crippen LogP contribution in [0, 0.1) is 6.92 Å². The van der Waals surface area contributed by atoms with Gasteiger partial charge in [-0.05, 0) is 11.6 Å². The molecule has 0 aliphatic rings. The van der Waals surface area contributed by atoms with E-state index in [0.717, 1.165) is 0 Å². The number of aromatic nitrogens is 1. The van der Waals surface area contributed by atoms with Crippen LogP contribution < -0.4 is 5.73 Å². The van der Waals surface area contributed by atoms with Crippen LogP contribution in [0.2, 0.25) is 0 Å². The quantitative estimate of drug-likeness (QED) is 0.529. The second-order valence-corrected chi connectivity index (χ2v) is 1.52. The standard InChI is InChI=1S/C6H6N2/c1-5-2-3-6(7)8-4-5/h1-4H,(H2,7,8). The Kier molecular flexibility index (Phi) is 1.16. The van der Waals surface area contributed by atoms with Crippen LogP contribution in [0.4, 0.5) is 5.82 Å². The van der Waals surface area contributed by atoms with Crippen LogP contribution in [0.1, 0.15) is 5.56 Å². The van der Waals surface area contributed by atoms with Gasteiger partial charge in [-0.3, -0.25) is 0 Å². The fourth-order valence-electron chi connectivity index (χ4n) is 0.417. The Morgan fingerprint density at radius 3 is 2.62 bits per heavy atom. The molecule has 2 nitrogen and oxygen atoms in total. The number of pyridine rings is 1. The molecular weight excluding hydrogens is 100 g/mol. The first-order valence-electron chi connectivity index (χ1n) is 2.26. The minimum atomic E-state index is 0.499. The number of anilines is 1.